The average Bonchev–Trinajstić information content (AvgIpc) is 2.92. The lowest BCUT2D eigenvalue weighted by Crippen LogP contribution is -2.39. The number of thioether (sulfide) groups is 1. The second-order valence-corrected chi connectivity index (χ2v) is 6.48. The number of carbonyl (C=O) groups is 2. The number of morpholine rings is 1. The minimum absolute atomic E-state index is 0.119. The zero-order valence-electron chi connectivity index (χ0n) is 12.6. The molecule has 1 saturated heterocycles. The van der Waals surface area contributed by atoms with Gasteiger partial charge in [-0.25, -0.2) is 8.78 Å². The van der Waals surface area contributed by atoms with Crippen LogP contribution in [-0.2, 0) is 14.3 Å². The summed E-state index contributed by atoms with van der Waals surface area (Å²) < 4.78 is 31.6. The smallest absolute Gasteiger partial charge is 0.262 e. The zero-order chi connectivity index (χ0) is 17.1. The maximum Gasteiger partial charge on any atom is 0.262 e. The van der Waals surface area contributed by atoms with Crippen LogP contribution >= 0.6 is 11.8 Å². The summed E-state index contributed by atoms with van der Waals surface area (Å²) in [5.74, 6) is -2.49. The van der Waals surface area contributed by atoms with Crippen LogP contribution in [0, 0.1) is 11.6 Å². The number of amidine groups is 1. The standard InChI is InChI=1S/C15H15F2N3O3S/c16-9-1-2-11(10(17)7-9)18-13(21)8-12-14(22)19-15(24-12)20-3-5-23-6-4-20/h1-2,7,12H,3-6,8H2,(H,18,21)/t12-/m0/s1. The van der Waals surface area contributed by atoms with Crippen LogP contribution in [0.3, 0.4) is 0 Å². The van der Waals surface area contributed by atoms with Gasteiger partial charge in [-0.2, -0.15) is 4.99 Å². The lowest BCUT2D eigenvalue weighted by molar-refractivity contribution is -0.121. The molecule has 24 heavy (non-hydrogen) atoms. The number of carbonyl (C=O) groups excluding carboxylic acids is 2. The second-order valence-electron chi connectivity index (χ2n) is 5.31. The van der Waals surface area contributed by atoms with Crippen LogP contribution in [0.4, 0.5) is 14.5 Å². The molecule has 3 rings (SSSR count). The Hall–Kier alpha value is -2.00. The molecule has 1 atom stereocenters. The number of rotatable bonds is 3. The first kappa shape index (κ1) is 16.8. The van der Waals surface area contributed by atoms with Gasteiger partial charge in [-0.3, -0.25) is 9.59 Å². The van der Waals surface area contributed by atoms with Crippen LogP contribution in [0.2, 0.25) is 0 Å². The fraction of sp³-hybridized carbons (Fsp3) is 0.400. The predicted molar refractivity (Wildman–Crippen MR) is 85.8 cm³/mol. The van der Waals surface area contributed by atoms with E-state index in [4.69, 9.17) is 4.74 Å². The molecule has 2 heterocycles. The van der Waals surface area contributed by atoms with Crippen LogP contribution in [0.15, 0.2) is 23.2 Å². The first-order valence-electron chi connectivity index (χ1n) is 7.40. The molecule has 1 fully saturated rings. The summed E-state index contributed by atoms with van der Waals surface area (Å²) in [6.45, 7) is 2.45. The third-order valence-corrected chi connectivity index (χ3v) is 4.80. The number of anilines is 1. The number of ether oxygens (including phenoxy) is 1. The number of amides is 2. The topological polar surface area (TPSA) is 71.0 Å². The van der Waals surface area contributed by atoms with Gasteiger partial charge in [-0.15, -0.1) is 0 Å². The van der Waals surface area contributed by atoms with Gasteiger partial charge in [0.25, 0.3) is 5.91 Å². The second kappa shape index (κ2) is 7.27. The molecule has 0 saturated carbocycles. The van der Waals surface area contributed by atoms with E-state index in [1.165, 1.54) is 11.8 Å². The largest absolute Gasteiger partial charge is 0.378 e. The van der Waals surface area contributed by atoms with Crippen LogP contribution in [0.1, 0.15) is 6.42 Å². The molecule has 0 unspecified atom stereocenters. The van der Waals surface area contributed by atoms with E-state index < -0.39 is 22.8 Å². The van der Waals surface area contributed by atoms with Crippen LogP contribution in [-0.4, -0.2) is 53.4 Å². The molecule has 1 N–H and O–H groups in total. The highest BCUT2D eigenvalue weighted by atomic mass is 32.2. The van der Waals surface area contributed by atoms with E-state index in [0.29, 0.717) is 37.5 Å². The van der Waals surface area contributed by atoms with Gasteiger partial charge >= 0.3 is 0 Å². The van der Waals surface area contributed by atoms with E-state index in [9.17, 15) is 18.4 Å². The van der Waals surface area contributed by atoms with E-state index in [1.54, 1.807) is 0 Å². The van der Waals surface area contributed by atoms with E-state index in [-0.39, 0.29) is 18.0 Å². The Morgan fingerprint density at radius 1 is 1.38 bits per heavy atom. The highest BCUT2D eigenvalue weighted by molar-refractivity contribution is 8.15. The highest BCUT2D eigenvalue weighted by Gasteiger charge is 2.33. The number of aliphatic imine (C=N–C) groups is 1. The predicted octanol–water partition coefficient (Wildman–Crippen LogP) is 1.62. The summed E-state index contributed by atoms with van der Waals surface area (Å²) in [5.41, 5.74) is -0.119. The molecular weight excluding hydrogens is 340 g/mol. The van der Waals surface area contributed by atoms with Crippen molar-refractivity contribution in [2.75, 3.05) is 31.6 Å². The number of benzene rings is 1. The maximum absolute atomic E-state index is 13.5. The molecule has 1 aromatic carbocycles. The van der Waals surface area contributed by atoms with Crippen molar-refractivity contribution < 1.29 is 23.1 Å². The number of hydrogen-bond acceptors (Lipinski definition) is 5. The van der Waals surface area contributed by atoms with Crippen molar-refractivity contribution in [1.29, 1.82) is 0 Å². The molecule has 0 bridgehead atoms. The highest BCUT2D eigenvalue weighted by Crippen LogP contribution is 2.28. The van der Waals surface area contributed by atoms with Crippen molar-refractivity contribution in [3.63, 3.8) is 0 Å². The van der Waals surface area contributed by atoms with Gasteiger partial charge in [-0.05, 0) is 12.1 Å². The molecule has 0 aromatic heterocycles. The SMILES string of the molecule is O=C(C[C@@H]1SC(N2CCOCC2)=NC1=O)Nc1ccc(F)cc1F. The Morgan fingerprint density at radius 3 is 2.83 bits per heavy atom. The first-order valence-corrected chi connectivity index (χ1v) is 8.27. The maximum atomic E-state index is 13.5. The lowest BCUT2D eigenvalue weighted by atomic mass is 10.2. The van der Waals surface area contributed by atoms with Gasteiger partial charge in [0.15, 0.2) is 5.17 Å². The van der Waals surface area contributed by atoms with Crippen molar-refractivity contribution in [1.82, 2.24) is 4.90 Å². The minimum atomic E-state index is -0.862. The van der Waals surface area contributed by atoms with Crippen molar-refractivity contribution >= 4 is 34.4 Å². The molecule has 0 aliphatic carbocycles. The molecule has 128 valence electrons. The molecular formula is C15H15F2N3O3S. The van der Waals surface area contributed by atoms with Gasteiger partial charge in [0.1, 0.15) is 16.9 Å². The number of halogens is 2. The summed E-state index contributed by atoms with van der Waals surface area (Å²) >= 11 is 1.23. The normalized spacial score (nSPS) is 20.9. The summed E-state index contributed by atoms with van der Waals surface area (Å²) in [6, 6.07) is 2.88. The van der Waals surface area contributed by atoms with Gasteiger partial charge in [-0.1, -0.05) is 11.8 Å². The Balaban J connectivity index is 1.56. The Kier molecular flexibility index (Phi) is 5.10. The number of nitrogens with one attached hydrogen (secondary N) is 1. The molecule has 6 nitrogen and oxygen atoms in total. The van der Waals surface area contributed by atoms with Gasteiger partial charge in [0.05, 0.1) is 18.9 Å². The van der Waals surface area contributed by atoms with Crippen LogP contribution < -0.4 is 5.32 Å². The van der Waals surface area contributed by atoms with Gasteiger partial charge in [0, 0.05) is 25.6 Å². The van der Waals surface area contributed by atoms with Crippen LogP contribution in [0.5, 0.6) is 0 Å². The Bertz CT molecular complexity index is 693. The summed E-state index contributed by atoms with van der Waals surface area (Å²) in [4.78, 5) is 29.9. The molecule has 0 spiro atoms. The molecule has 2 aliphatic heterocycles. The van der Waals surface area contributed by atoms with E-state index in [2.05, 4.69) is 10.3 Å². The van der Waals surface area contributed by atoms with Crippen LogP contribution in [0.25, 0.3) is 0 Å². The number of hydrogen-bond donors (Lipinski definition) is 1. The zero-order valence-corrected chi connectivity index (χ0v) is 13.4. The summed E-state index contributed by atoms with van der Waals surface area (Å²) in [5, 5.41) is 2.31. The molecule has 0 radical (unpaired) electrons. The van der Waals surface area contributed by atoms with E-state index >= 15 is 0 Å². The third-order valence-electron chi connectivity index (χ3n) is 3.59. The number of nitrogens with zero attached hydrogens (tertiary/aromatic N) is 2. The first-order chi connectivity index (χ1) is 11.5. The average molecular weight is 355 g/mol. The quantitative estimate of drug-likeness (QED) is 0.892. The molecule has 1 aromatic rings. The van der Waals surface area contributed by atoms with E-state index in [1.807, 2.05) is 4.90 Å². The third kappa shape index (κ3) is 3.90. The fourth-order valence-electron chi connectivity index (χ4n) is 2.36. The Labute approximate surface area is 141 Å². The van der Waals surface area contributed by atoms with Crippen molar-refractivity contribution in [2.45, 2.75) is 11.7 Å². The summed E-state index contributed by atoms with van der Waals surface area (Å²) in [6.07, 6.45) is -0.127. The monoisotopic (exact) mass is 355 g/mol. The van der Waals surface area contributed by atoms with E-state index in [0.717, 1.165) is 12.1 Å². The van der Waals surface area contributed by atoms with Crippen molar-refractivity contribution in [3.8, 4) is 0 Å². The summed E-state index contributed by atoms with van der Waals surface area (Å²) in [7, 11) is 0. The minimum Gasteiger partial charge on any atom is -0.378 e. The van der Waals surface area contributed by atoms with Gasteiger partial charge < -0.3 is 15.0 Å². The fourth-order valence-corrected chi connectivity index (χ4v) is 3.48. The molecule has 2 amide bonds. The lowest BCUT2D eigenvalue weighted by Gasteiger charge is -2.27. The molecule has 9 heteroatoms. The van der Waals surface area contributed by atoms with Crippen molar-refractivity contribution in [3.05, 3.63) is 29.8 Å². The molecule has 2 aliphatic rings. The van der Waals surface area contributed by atoms with Gasteiger partial charge in [0.2, 0.25) is 5.91 Å². The van der Waals surface area contributed by atoms with Crippen molar-refractivity contribution in [2.24, 2.45) is 4.99 Å². The Morgan fingerprint density at radius 2 is 2.12 bits per heavy atom.